The fourth-order valence-corrected chi connectivity index (χ4v) is 4.86. The van der Waals surface area contributed by atoms with Crippen molar-refractivity contribution in [1.29, 1.82) is 0 Å². The molecule has 1 N–H and O–H groups in total. The van der Waals surface area contributed by atoms with Gasteiger partial charge in [-0.1, -0.05) is 13.8 Å². The van der Waals surface area contributed by atoms with Gasteiger partial charge in [0.15, 0.2) is 0 Å². The van der Waals surface area contributed by atoms with Gasteiger partial charge in [-0.05, 0) is 55.4 Å². The van der Waals surface area contributed by atoms with Gasteiger partial charge in [0.1, 0.15) is 0 Å². The lowest BCUT2D eigenvalue weighted by Gasteiger charge is -2.37. The maximum absolute atomic E-state index is 3.70. The van der Waals surface area contributed by atoms with Crippen LogP contribution in [0, 0.1) is 23.2 Å². The van der Waals surface area contributed by atoms with Crippen molar-refractivity contribution in [2.24, 2.45) is 23.2 Å². The molecule has 74 valence electrons. The first kappa shape index (κ1) is 8.28. The van der Waals surface area contributed by atoms with E-state index in [0.29, 0.717) is 0 Å². The molecule has 3 fully saturated rings. The van der Waals surface area contributed by atoms with Crippen molar-refractivity contribution in [2.75, 3.05) is 6.54 Å². The summed E-state index contributed by atoms with van der Waals surface area (Å²) in [5, 5.41) is 3.70. The standard InChI is InChI=1S/C12H21N/c1-3-13-10-6-8-7-12(2)5-4-9(8)11(10)12/h8-11,13H,3-7H2,1-2H3/t8-,9?,10+,11+,12-/m1/s1. The fraction of sp³-hybridized carbons (Fsp3) is 1.00. The first-order chi connectivity index (χ1) is 6.24. The molecule has 1 unspecified atom stereocenters. The summed E-state index contributed by atoms with van der Waals surface area (Å²) in [6.45, 7) is 5.95. The Morgan fingerprint density at radius 1 is 1.46 bits per heavy atom. The molecule has 13 heavy (non-hydrogen) atoms. The Bertz CT molecular complexity index is 225. The second kappa shape index (κ2) is 2.50. The van der Waals surface area contributed by atoms with E-state index in [0.717, 1.165) is 35.8 Å². The lowest BCUT2D eigenvalue weighted by atomic mass is 9.72. The Morgan fingerprint density at radius 2 is 2.31 bits per heavy atom. The Morgan fingerprint density at radius 3 is 2.92 bits per heavy atom. The lowest BCUT2D eigenvalue weighted by molar-refractivity contribution is 0.156. The molecule has 0 spiro atoms. The van der Waals surface area contributed by atoms with Gasteiger partial charge < -0.3 is 5.32 Å². The van der Waals surface area contributed by atoms with Gasteiger partial charge in [-0.15, -0.1) is 0 Å². The molecule has 3 aliphatic rings. The zero-order valence-corrected chi connectivity index (χ0v) is 8.84. The summed E-state index contributed by atoms with van der Waals surface area (Å²) < 4.78 is 0. The molecule has 0 amide bonds. The van der Waals surface area contributed by atoms with Gasteiger partial charge in [0.05, 0.1) is 0 Å². The summed E-state index contributed by atoms with van der Waals surface area (Å²) in [4.78, 5) is 0. The molecule has 0 radical (unpaired) electrons. The third-order valence-electron chi connectivity index (χ3n) is 5.11. The van der Waals surface area contributed by atoms with E-state index in [-0.39, 0.29) is 0 Å². The van der Waals surface area contributed by atoms with E-state index in [9.17, 15) is 0 Å². The van der Waals surface area contributed by atoms with E-state index in [1.807, 2.05) is 0 Å². The predicted octanol–water partition coefficient (Wildman–Crippen LogP) is 2.42. The van der Waals surface area contributed by atoms with Crippen LogP contribution in [0.3, 0.4) is 0 Å². The van der Waals surface area contributed by atoms with Crippen LogP contribution in [-0.4, -0.2) is 12.6 Å². The Labute approximate surface area is 81.3 Å². The van der Waals surface area contributed by atoms with Crippen molar-refractivity contribution in [3.05, 3.63) is 0 Å². The number of hydrogen-bond acceptors (Lipinski definition) is 1. The highest BCUT2D eigenvalue weighted by atomic mass is 15.0. The minimum Gasteiger partial charge on any atom is -0.314 e. The van der Waals surface area contributed by atoms with E-state index in [4.69, 9.17) is 0 Å². The molecule has 0 aliphatic heterocycles. The normalized spacial score (nSPS) is 57.7. The number of nitrogens with one attached hydrogen (secondary N) is 1. The molecule has 0 aromatic heterocycles. The fourth-order valence-electron chi connectivity index (χ4n) is 4.86. The van der Waals surface area contributed by atoms with Gasteiger partial charge in [-0.2, -0.15) is 0 Å². The topological polar surface area (TPSA) is 12.0 Å². The highest BCUT2D eigenvalue weighted by Crippen LogP contribution is 2.67. The molecular weight excluding hydrogens is 158 g/mol. The molecule has 3 aliphatic carbocycles. The van der Waals surface area contributed by atoms with Crippen molar-refractivity contribution >= 4 is 0 Å². The lowest BCUT2D eigenvalue weighted by Crippen LogP contribution is -2.41. The summed E-state index contributed by atoms with van der Waals surface area (Å²) >= 11 is 0. The molecule has 3 rings (SSSR count). The highest BCUT2D eigenvalue weighted by molar-refractivity contribution is 5.13. The smallest absolute Gasteiger partial charge is 0.0106 e. The number of hydrogen-bond donors (Lipinski definition) is 1. The van der Waals surface area contributed by atoms with Gasteiger partial charge in [0.2, 0.25) is 0 Å². The first-order valence-electron chi connectivity index (χ1n) is 5.98. The Balaban J connectivity index is 1.85. The van der Waals surface area contributed by atoms with Crippen molar-refractivity contribution < 1.29 is 0 Å². The van der Waals surface area contributed by atoms with Crippen LogP contribution in [0.5, 0.6) is 0 Å². The predicted molar refractivity (Wildman–Crippen MR) is 54.5 cm³/mol. The van der Waals surface area contributed by atoms with Crippen LogP contribution in [-0.2, 0) is 0 Å². The molecule has 3 saturated carbocycles. The van der Waals surface area contributed by atoms with Crippen LogP contribution in [0.2, 0.25) is 0 Å². The quantitative estimate of drug-likeness (QED) is 0.686. The third kappa shape index (κ3) is 0.918. The van der Waals surface area contributed by atoms with Crippen LogP contribution < -0.4 is 5.32 Å². The molecule has 0 aromatic rings. The maximum atomic E-state index is 3.70. The molecule has 0 heterocycles. The van der Waals surface area contributed by atoms with E-state index in [1.54, 1.807) is 6.42 Å². The Hall–Kier alpha value is -0.0400. The van der Waals surface area contributed by atoms with E-state index in [1.165, 1.54) is 19.3 Å². The van der Waals surface area contributed by atoms with Gasteiger partial charge in [0, 0.05) is 6.04 Å². The zero-order chi connectivity index (χ0) is 9.05. The second-order valence-corrected chi connectivity index (χ2v) is 5.75. The summed E-state index contributed by atoms with van der Waals surface area (Å²) in [6, 6.07) is 0.876. The minimum absolute atomic E-state index is 0.737. The van der Waals surface area contributed by atoms with Crippen LogP contribution in [0.1, 0.15) is 39.5 Å². The summed E-state index contributed by atoms with van der Waals surface area (Å²) in [5.74, 6) is 3.24. The van der Waals surface area contributed by atoms with E-state index in [2.05, 4.69) is 19.2 Å². The average Bonchev–Trinajstić information content (AvgIpc) is 2.65. The monoisotopic (exact) mass is 179 g/mol. The molecule has 0 aromatic carbocycles. The third-order valence-corrected chi connectivity index (χ3v) is 5.11. The minimum atomic E-state index is 0.737. The first-order valence-corrected chi connectivity index (χ1v) is 5.98. The molecule has 5 atom stereocenters. The average molecular weight is 179 g/mol. The van der Waals surface area contributed by atoms with Gasteiger partial charge in [-0.25, -0.2) is 0 Å². The molecule has 4 bridgehead atoms. The van der Waals surface area contributed by atoms with Gasteiger partial charge in [0.25, 0.3) is 0 Å². The molecule has 1 heteroatoms. The molecule has 1 nitrogen and oxygen atoms in total. The van der Waals surface area contributed by atoms with Crippen molar-refractivity contribution in [1.82, 2.24) is 5.32 Å². The maximum Gasteiger partial charge on any atom is 0.0106 e. The van der Waals surface area contributed by atoms with E-state index < -0.39 is 0 Å². The number of rotatable bonds is 2. The van der Waals surface area contributed by atoms with Crippen molar-refractivity contribution in [3.8, 4) is 0 Å². The summed E-state index contributed by atoms with van der Waals surface area (Å²) in [6.07, 6.45) is 6.08. The van der Waals surface area contributed by atoms with Crippen molar-refractivity contribution in [2.45, 2.75) is 45.6 Å². The van der Waals surface area contributed by atoms with Crippen LogP contribution >= 0.6 is 0 Å². The van der Waals surface area contributed by atoms with E-state index >= 15 is 0 Å². The van der Waals surface area contributed by atoms with Gasteiger partial charge >= 0.3 is 0 Å². The van der Waals surface area contributed by atoms with Crippen molar-refractivity contribution in [3.63, 3.8) is 0 Å². The van der Waals surface area contributed by atoms with Crippen LogP contribution in [0.4, 0.5) is 0 Å². The Kier molecular flexibility index (Phi) is 1.59. The van der Waals surface area contributed by atoms with Crippen LogP contribution in [0.15, 0.2) is 0 Å². The largest absolute Gasteiger partial charge is 0.314 e. The van der Waals surface area contributed by atoms with Crippen LogP contribution in [0.25, 0.3) is 0 Å². The molecular formula is C12H21N. The highest BCUT2D eigenvalue weighted by Gasteiger charge is 2.62. The summed E-state index contributed by atoms with van der Waals surface area (Å²) in [7, 11) is 0. The van der Waals surface area contributed by atoms with Gasteiger partial charge in [-0.3, -0.25) is 0 Å². The summed E-state index contributed by atoms with van der Waals surface area (Å²) in [5.41, 5.74) is 0.737. The second-order valence-electron chi connectivity index (χ2n) is 5.75. The zero-order valence-electron chi connectivity index (χ0n) is 8.84. The SMILES string of the molecule is CCN[C@H]1C[C@@H]2C[C@@]3(C)CCC2[C@@H]13. The molecule has 0 saturated heterocycles.